The molecule has 2 N–H and O–H groups in total. The van der Waals surface area contributed by atoms with E-state index in [4.69, 9.17) is 9.57 Å². The summed E-state index contributed by atoms with van der Waals surface area (Å²) in [5, 5.41) is 3.13. The molecule has 130 valence electrons. The number of hydrogen-bond acceptors (Lipinski definition) is 4. The molecule has 1 atom stereocenters. The number of hydroxylamine groups is 1. The van der Waals surface area contributed by atoms with Crippen LogP contribution in [0.4, 0.5) is 0 Å². The van der Waals surface area contributed by atoms with Gasteiger partial charge in [0.1, 0.15) is 5.75 Å². The van der Waals surface area contributed by atoms with Gasteiger partial charge in [0.05, 0.1) is 12.3 Å². The minimum Gasteiger partial charge on any atom is -0.477 e. The Bertz CT molecular complexity index is 807. The van der Waals surface area contributed by atoms with Crippen molar-refractivity contribution in [3.8, 4) is 5.75 Å². The summed E-state index contributed by atoms with van der Waals surface area (Å²) in [6.45, 7) is 1.59. The fourth-order valence-electron chi connectivity index (χ4n) is 3.33. The van der Waals surface area contributed by atoms with Crippen LogP contribution in [0.25, 0.3) is 5.70 Å². The smallest absolute Gasteiger partial charge is 0.162 e. The van der Waals surface area contributed by atoms with Crippen molar-refractivity contribution in [2.24, 2.45) is 0 Å². The largest absolute Gasteiger partial charge is 0.477 e. The highest BCUT2D eigenvalue weighted by molar-refractivity contribution is 9.10. The standard InChI is InChI=1S/C20H21BrN2O2/c1-22-10-5-11-24-23-19-16-9-8-15(21)12-18(16)25-20(13-17(19)20)14-6-3-2-4-7-14/h2-4,6-9,12,22-23H,5,10-11,13H2,1H3. The lowest BCUT2D eigenvalue weighted by atomic mass is 10.0. The molecule has 4 nitrogen and oxygen atoms in total. The SMILES string of the molecule is CNCCCONC1=C2CC2(c2ccccc2)Oc2cc(Br)ccc21. The third kappa shape index (κ3) is 3.08. The second-order valence-corrected chi connectivity index (χ2v) is 7.29. The van der Waals surface area contributed by atoms with Gasteiger partial charge in [-0.25, -0.2) is 0 Å². The van der Waals surface area contributed by atoms with Gasteiger partial charge in [0.2, 0.25) is 0 Å². The Balaban J connectivity index is 1.64. The maximum absolute atomic E-state index is 6.44. The van der Waals surface area contributed by atoms with Crippen LogP contribution in [0.3, 0.4) is 0 Å². The minimum absolute atomic E-state index is 0.355. The first kappa shape index (κ1) is 16.6. The van der Waals surface area contributed by atoms with Crippen molar-refractivity contribution in [1.82, 2.24) is 10.8 Å². The molecule has 0 aromatic heterocycles. The van der Waals surface area contributed by atoms with Gasteiger partial charge in [-0.15, -0.1) is 0 Å². The van der Waals surface area contributed by atoms with Gasteiger partial charge in [0.15, 0.2) is 5.60 Å². The van der Waals surface area contributed by atoms with Crippen LogP contribution in [-0.2, 0) is 10.4 Å². The summed E-state index contributed by atoms with van der Waals surface area (Å²) in [5.74, 6) is 0.876. The first-order chi connectivity index (χ1) is 12.2. The molecule has 2 aliphatic rings. The average molecular weight is 401 g/mol. The number of fused-ring (bicyclic) bond motifs is 2. The van der Waals surface area contributed by atoms with Crippen molar-refractivity contribution < 1.29 is 9.57 Å². The topological polar surface area (TPSA) is 42.5 Å². The predicted octanol–water partition coefficient (Wildman–Crippen LogP) is 3.98. The highest BCUT2D eigenvalue weighted by atomic mass is 79.9. The molecular weight excluding hydrogens is 380 g/mol. The molecule has 0 spiro atoms. The van der Waals surface area contributed by atoms with E-state index in [0.29, 0.717) is 6.61 Å². The Labute approximate surface area is 156 Å². The molecule has 1 unspecified atom stereocenters. The molecular formula is C20H21BrN2O2. The van der Waals surface area contributed by atoms with Crippen LogP contribution in [0.2, 0.25) is 0 Å². The number of benzene rings is 2. The number of ether oxygens (including phenoxy) is 1. The van der Waals surface area contributed by atoms with E-state index in [0.717, 1.165) is 40.9 Å². The monoisotopic (exact) mass is 400 g/mol. The molecule has 1 saturated carbocycles. The summed E-state index contributed by atoms with van der Waals surface area (Å²) in [4.78, 5) is 5.73. The molecule has 1 fully saturated rings. The summed E-state index contributed by atoms with van der Waals surface area (Å²) >= 11 is 3.54. The molecule has 0 bridgehead atoms. The number of halogens is 1. The predicted molar refractivity (Wildman–Crippen MR) is 102 cm³/mol. The molecule has 4 rings (SSSR count). The first-order valence-corrected chi connectivity index (χ1v) is 9.34. The van der Waals surface area contributed by atoms with Crippen molar-refractivity contribution >= 4 is 21.6 Å². The van der Waals surface area contributed by atoms with Crippen molar-refractivity contribution in [1.29, 1.82) is 0 Å². The number of hydrogen-bond donors (Lipinski definition) is 2. The molecule has 0 amide bonds. The zero-order chi connectivity index (χ0) is 17.3. The normalized spacial score (nSPS) is 20.6. The Kier molecular flexibility index (Phi) is 4.54. The summed E-state index contributed by atoms with van der Waals surface area (Å²) < 4.78 is 7.45. The van der Waals surface area contributed by atoms with Crippen LogP contribution >= 0.6 is 15.9 Å². The van der Waals surface area contributed by atoms with E-state index in [1.54, 1.807) is 0 Å². The highest BCUT2D eigenvalue weighted by Crippen LogP contribution is 2.61. The lowest BCUT2D eigenvalue weighted by Crippen LogP contribution is -2.25. The summed E-state index contributed by atoms with van der Waals surface area (Å²) in [6.07, 6.45) is 1.84. The summed E-state index contributed by atoms with van der Waals surface area (Å²) in [6, 6.07) is 16.5. The van der Waals surface area contributed by atoms with E-state index in [9.17, 15) is 0 Å². The van der Waals surface area contributed by atoms with Crippen LogP contribution in [-0.4, -0.2) is 20.2 Å². The van der Waals surface area contributed by atoms with Crippen molar-refractivity contribution in [3.63, 3.8) is 0 Å². The molecule has 2 aromatic carbocycles. The molecule has 0 radical (unpaired) electrons. The van der Waals surface area contributed by atoms with Crippen LogP contribution in [0.1, 0.15) is 24.0 Å². The average Bonchev–Trinajstić information content (AvgIpc) is 3.37. The van der Waals surface area contributed by atoms with Crippen molar-refractivity contribution in [2.75, 3.05) is 20.2 Å². The maximum atomic E-state index is 6.44. The summed E-state index contributed by atoms with van der Waals surface area (Å²) in [5.41, 5.74) is 7.38. The Morgan fingerprint density at radius 2 is 2.04 bits per heavy atom. The van der Waals surface area contributed by atoms with Gasteiger partial charge < -0.3 is 10.1 Å². The van der Waals surface area contributed by atoms with Crippen LogP contribution in [0, 0.1) is 0 Å². The van der Waals surface area contributed by atoms with E-state index < -0.39 is 0 Å². The maximum Gasteiger partial charge on any atom is 0.162 e. The highest BCUT2D eigenvalue weighted by Gasteiger charge is 2.58. The Hall–Kier alpha value is -1.82. The van der Waals surface area contributed by atoms with Crippen molar-refractivity contribution in [3.05, 3.63) is 69.7 Å². The third-order valence-electron chi connectivity index (χ3n) is 4.67. The Morgan fingerprint density at radius 1 is 1.20 bits per heavy atom. The van der Waals surface area contributed by atoms with E-state index in [2.05, 4.69) is 57.1 Å². The lowest BCUT2D eigenvalue weighted by molar-refractivity contribution is 0.0748. The van der Waals surface area contributed by atoms with E-state index in [1.165, 1.54) is 11.1 Å². The van der Waals surface area contributed by atoms with Gasteiger partial charge in [0.25, 0.3) is 0 Å². The van der Waals surface area contributed by atoms with Crippen LogP contribution in [0.5, 0.6) is 5.75 Å². The molecule has 1 heterocycles. The van der Waals surface area contributed by atoms with Gasteiger partial charge in [0, 0.05) is 27.6 Å². The molecule has 1 aliphatic carbocycles. The number of rotatable bonds is 7. The van der Waals surface area contributed by atoms with E-state index in [1.807, 2.05) is 25.2 Å². The zero-order valence-corrected chi connectivity index (χ0v) is 15.7. The molecule has 2 aromatic rings. The van der Waals surface area contributed by atoms with Gasteiger partial charge >= 0.3 is 0 Å². The second-order valence-electron chi connectivity index (χ2n) is 6.37. The van der Waals surface area contributed by atoms with Gasteiger partial charge in [-0.2, -0.15) is 0 Å². The fraction of sp³-hybridized carbons (Fsp3) is 0.300. The quantitative estimate of drug-likeness (QED) is 0.544. The van der Waals surface area contributed by atoms with Crippen molar-refractivity contribution in [2.45, 2.75) is 18.4 Å². The lowest BCUT2D eigenvalue weighted by Gasteiger charge is -2.26. The molecule has 5 heteroatoms. The third-order valence-corrected chi connectivity index (χ3v) is 5.17. The zero-order valence-electron chi connectivity index (χ0n) is 14.1. The Morgan fingerprint density at radius 3 is 2.84 bits per heavy atom. The van der Waals surface area contributed by atoms with Gasteiger partial charge in [-0.3, -0.25) is 10.3 Å². The molecule has 0 saturated heterocycles. The first-order valence-electron chi connectivity index (χ1n) is 8.55. The van der Waals surface area contributed by atoms with Gasteiger partial charge in [-0.1, -0.05) is 46.3 Å². The van der Waals surface area contributed by atoms with Gasteiger partial charge in [-0.05, 0) is 38.2 Å². The molecule has 1 aliphatic heterocycles. The van der Waals surface area contributed by atoms with E-state index >= 15 is 0 Å². The second kappa shape index (κ2) is 6.83. The summed E-state index contributed by atoms with van der Waals surface area (Å²) in [7, 11) is 1.95. The van der Waals surface area contributed by atoms with Crippen LogP contribution in [0.15, 0.2) is 58.6 Å². The minimum atomic E-state index is -0.355. The molecule has 25 heavy (non-hydrogen) atoms. The van der Waals surface area contributed by atoms with E-state index in [-0.39, 0.29) is 5.60 Å². The number of nitrogens with one attached hydrogen (secondary N) is 2. The van der Waals surface area contributed by atoms with Crippen LogP contribution < -0.4 is 15.5 Å². The fourth-order valence-corrected chi connectivity index (χ4v) is 3.67.